The highest BCUT2D eigenvalue weighted by atomic mass is 32.2. The first-order valence-corrected chi connectivity index (χ1v) is 12.7. The van der Waals surface area contributed by atoms with Gasteiger partial charge in [-0.25, -0.2) is 33.2 Å². The van der Waals surface area contributed by atoms with Crippen LogP contribution in [0.4, 0.5) is 4.39 Å². The predicted molar refractivity (Wildman–Crippen MR) is 126 cm³/mol. The van der Waals surface area contributed by atoms with Crippen LogP contribution < -0.4 is 32.1 Å². The lowest BCUT2D eigenvalue weighted by Gasteiger charge is -2.18. The van der Waals surface area contributed by atoms with Gasteiger partial charge in [-0.2, -0.15) is 5.10 Å². The van der Waals surface area contributed by atoms with Gasteiger partial charge in [0.25, 0.3) is 5.56 Å². The van der Waals surface area contributed by atoms with Crippen molar-refractivity contribution in [3.8, 4) is 0 Å². The van der Waals surface area contributed by atoms with Crippen molar-refractivity contribution < 1.29 is 12.8 Å². The predicted octanol–water partition coefficient (Wildman–Crippen LogP) is -0.905. The van der Waals surface area contributed by atoms with Crippen LogP contribution >= 0.6 is 0 Å². The minimum atomic E-state index is -4.07. The molecule has 0 amide bonds. The lowest BCUT2D eigenvalue weighted by atomic mass is 10.2. The van der Waals surface area contributed by atoms with Crippen molar-refractivity contribution in [2.75, 3.05) is 6.67 Å². The fourth-order valence-electron chi connectivity index (χ4n) is 4.27. The van der Waals surface area contributed by atoms with Gasteiger partial charge in [0.05, 0.1) is 53.0 Å². The largest absolute Gasteiger partial charge is 0.331 e. The number of benzene rings is 1. The normalized spacial score (nSPS) is 21.6. The fourth-order valence-corrected chi connectivity index (χ4v) is 5.74. The van der Waals surface area contributed by atoms with E-state index in [2.05, 4.69) is 26.0 Å². The fraction of sp³-hybridized carbons (Fsp3) is 0.476. The van der Waals surface area contributed by atoms with Gasteiger partial charge in [-0.05, 0) is 38.0 Å². The summed E-state index contributed by atoms with van der Waals surface area (Å²) in [7, 11) is -2.34. The molecule has 14 heteroatoms. The van der Waals surface area contributed by atoms with Gasteiger partial charge in [-0.15, -0.1) is 0 Å². The molecule has 3 aromatic rings. The Bertz CT molecular complexity index is 1510. The molecule has 1 aromatic carbocycles. The monoisotopic (exact) mass is 506 g/mol. The Morgan fingerprint density at radius 3 is 2.60 bits per heavy atom. The number of rotatable bonds is 8. The molecular formula is C21H27FN8O4S. The molecule has 0 spiro atoms. The molecule has 35 heavy (non-hydrogen) atoms. The summed E-state index contributed by atoms with van der Waals surface area (Å²) < 4.78 is 45.7. The lowest BCUT2D eigenvalue weighted by molar-refractivity contribution is 0.393. The van der Waals surface area contributed by atoms with Crippen LogP contribution in [0.1, 0.15) is 25.3 Å². The van der Waals surface area contributed by atoms with Crippen LogP contribution in [0.3, 0.4) is 0 Å². The molecule has 4 N–H and O–H groups in total. The molecule has 1 aliphatic carbocycles. The van der Waals surface area contributed by atoms with E-state index in [0.29, 0.717) is 23.9 Å². The topological polar surface area (TPSA) is 144 Å². The van der Waals surface area contributed by atoms with E-state index in [1.165, 1.54) is 22.8 Å². The number of halogens is 1. The van der Waals surface area contributed by atoms with Crippen LogP contribution in [0.25, 0.3) is 10.9 Å². The zero-order valence-corrected chi connectivity index (χ0v) is 20.1. The van der Waals surface area contributed by atoms with Crippen molar-refractivity contribution in [2.45, 2.75) is 55.6 Å². The smallest absolute Gasteiger partial charge is 0.290 e. The number of fused-ring (bicyclic) bond motifs is 1. The van der Waals surface area contributed by atoms with Crippen LogP contribution in [0, 0.1) is 0 Å². The number of nitrogens with zero attached hydrogens (tertiary/aromatic N) is 4. The second-order valence-corrected chi connectivity index (χ2v) is 10.9. The average Bonchev–Trinajstić information content (AvgIpc) is 3.26. The number of aromatic nitrogens is 4. The van der Waals surface area contributed by atoms with E-state index in [1.54, 1.807) is 24.1 Å². The molecule has 3 heterocycles. The van der Waals surface area contributed by atoms with E-state index in [-0.39, 0.29) is 35.7 Å². The van der Waals surface area contributed by atoms with Gasteiger partial charge in [-0.3, -0.25) is 23.9 Å². The highest BCUT2D eigenvalue weighted by molar-refractivity contribution is 7.89. The molecule has 2 fully saturated rings. The van der Waals surface area contributed by atoms with Crippen LogP contribution in [-0.4, -0.2) is 51.9 Å². The number of hydrogen-bond donors (Lipinski definition) is 4. The Labute approximate surface area is 200 Å². The van der Waals surface area contributed by atoms with E-state index in [4.69, 9.17) is 0 Å². The summed E-state index contributed by atoms with van der Waals surface area (Å²) in [5.74, 6) is 0. The summed E-state index contributed by atoms with van der Waals surface area (Å²) >= 11 is 0. The summed E-state index contributed by atoms with van der Waals surface area (Å²) in [6.45, 7) is 1.26. The van der Waals surface area contributed by atoms with Crippen molar-refractivity contribution in [1.82, 2.24) is 39.8 Å². The SMILES string of the molecule is CC1NNC(Cn2c(=O)n(Cc3cnn(C)c3)c(=O)c3cc(S(=O)(=O)NC4(CF)CC4)ccc32)N1. The first-order chi connectivity index (χ1) is 16.6. The minimum absolute atomic E-state index is 0.0260. The third kappa shape index (κ3) is 4.54. The van der Waals surface area contributed by atoms with Gasteiger partial charge >= 0.3 is 5.69 Å². The lowest BCUT2D eigenvalue weighted by Crippen LogP contribution is -2.46. The van der Waals surface area contributed by atoms with E-state index in [1.807, 2.05) is 6.92 Å². The Morgan fingerprint density at radius 2 is 2.00 bits per heavy atom. The average molecular weight is 507 g/mol. The first kappa shape index (κ1) is 23.8. The quantitative estimate of drug-likeness (QED) is 0.308. The van der Waals surface area contributed by atoms with E-state index in [0.717, 1.165) is 4.57 Å². The Morgan fingerprint density at radius 1 is 1.23 bits per heavy atom. The van der Waals surface area contributed by atoms with E-state index < -0.39 is 33.5 Å². The summed E-state index contributed by atoms with van der Waals surface area (Å²) in [6.07, 6.45) is 3.76. The van der Waals surface area contributed by atoms with Crippen molar-refractivity contribution >= 4 is 20.9 Å². The van der Waals surface area contributed by atoms with Gasteiger partial charge in [0.15, 0.2) is 0 Å². The third-order valence-corrected chi connectivity index (χ3v) is 7.93. The maximum atomic E-state index is 13.5. The minimum Gasteiger partial charge on any atom is -0.290 e. The maximum absolute atomic E-state index is 13.5. The standard InChI is InChI=1S/C21H27FN8O4S/c1-13-24-18(26-25-13)11-29-17-4-3-15(35(33,34)27-21(12-22)5-6-21)7-16(17)19(31)30(20(29)32)10-14-8-23-28(2)9-14/h3-4,7-9,13,18,24-27H,5-6,10-12H2,1-2H3. The molecule has 2 atom stereocenters. The molecule has 0 radical (unpaired) electrons. The highest BCUT2D eigenvalue weighted by Crippen LogP contribution is 2.37. The zero-order chi connectivity index (χ0) is 25.0. The summed E-state index contributed by atoms with van der Waals surface area (Å²) in [6, 6.07) is 4.03. The van der Waals surface area contributed by atoms with Crippen LogP contribution in [0.15, 0.2) is 45.1 Å². The molecule has 188 valence electrons. The molecule has 2 unspecified atom stereocenters. The Kier molecular flexibility index (Phi) is 5.88. The molecule has 1 saturated heterocycles. The van der Waals surface area contributed by atoms with Gasteiger partial charge in [0.1, 0.15) is 6.67 Å². The van der Waals surface area contributed by atoms with Crippen LogP contribution in [0.5, 0.6) is 0 Å². The molecule has 2 aromatic heterocycles. The molecular weight excluding hydrogens is 479 g/mol. The number of alkyl halides is 1. The summed E-state index contributed by atoms with van der Waals surface area (Å²) in [4.78, 5) is 26.7. The summed E-state index contributed by atoms with van der Waals surface area (Å²) in [5.41, 5.74) is 4.79. The molecule has 5 rings (SSSR count). The number of sulfonamides is 1. The van der Waals surface area contributed by atoms with Gasteiger partial charge < -0.3 is 0 Å². The van der Waals surface area contributed by atoms with Crippen molar-refractivity contribution in [3.63, 3.8) is 0 Å². The van der Waals surface area contributed by atoms with Crippen LogP contribution in [-0.2, 0) is 30.2 Å². The van der Waals surface area contributed by atoms with Crippen molar-refractivity contribution in [3.05, 3.63) is 57.0 Å². The molecule has 0 bridgehead atoms. The van der Waals surface area contributed by atoms with E-state index in [9.17, 15) is 22.4 Å². The molecule has 2 aliphatic rings. The second kappa shape index (κ2) is 8.64. The number of aryl methyl sites for hydroxylation is 1. The first-order valence-electron chi connectivity index (χ1n) is 11.2. The second-order valence-electron chi connectivity index (χ2n) is 9.23. The van der Waals surface area contributed by atoms with Crippen molar-refractivity contribution in [1.29, 1.82) is 0 Å². The Hall–Kier alpha value is -2.91. The van der Waals surface area contributed by atoms with Gasteiger partial charge in [-0.1, -0.05) is 0 Å². The summed E-state index contributed by atoms with van der Waals surface area (Å²) in [5, 5.41) is 7.39. The van der Waals surface area contributed by atoms with Crippen molar-refractivity contribution in [2.24, 2.45) is 7.05 Å². The molecule has 1 saturated carbocycles. The number of nitrogens with one attached hydrogen (secondary N) is 4. The Balaban J connectivity index is 1.63. The van der Waals surface area contributed by atoms with Crippen LogP contribution in [0.2, 0.25) is 0 Å². The number of hydrogen-bond acceptors (Lipinski definition) is 8. The zero-order valence-electron chi connectivity index (χ0n) is 19.3. The third-order valence-electron chi connectivity index (χ3n) is 6.36. The molecule has 1 aliphatic heterocycles. The van der Waals surface area contributed by atoms with E-state index >= 15 is 0 Å². The maximum Gasteiger partial charge on any atom is 0.331 e. The van der Waals surface area contributed by atoms with Gasteiger partial charge in [0.2, 0.25) is 10.0 Å². The highest BCUT2D eigenvalue weighted by Gasteiger charge is 2.46. The van der Waals surface area contributed by atoms with Gasteiger partial charge in [0, 0.05) is 18.8 Å². The number of hydrazine groups is 1. The molecule has 12 nitrogen and oxygen atoms in total.